The smallest absolute Gasteiger partial charge is 0.337 e. The van der Waals surface area contributed by atoms with Crippen molar-refractivity contribution in [3.63, 3.8) is 0 Å². The first-order chi connectivity index (χ1) is 15.1. The lowest BCUT2D eigenvalue weighted by Crippen LogP contribution is -2.58. The van der Waals surface area contributed by atoms with Gasteiger partial charge in [-0.2, -0.15) is 0 Å². The third-order valence-corrected chi connectivity index (χ3v) is 7.57. The lowest BCUT2D eigenvalue weighted by atomic mass is 9.45. The topological polar surface area (TPSA) is 105 Å². The Balaban J connectivity index is 1.92. The van der Waals surface area contributed by atoms with E-state index in [0.717, 1.165) is 5.57 Å². The first-order valence-corrected chi connectivity index (χ1v) is 11.0. The highest BCUT2D eigenvalue weighted by Gasteiger charge is 2.64. The van der Waals surface area contributed by atoms with E-state index in [0.29, 0.717) is 50.5 Å². The number of allylic oxidation sites excluding steroid dienone is 1. The van der Waals surface area contributed by atoms with E-state index < -0.39 is 29.1 Å². The first-order valence-electron chi connectivity index (χ1n) is 11.0. The van der Waals surface area contributed by atoms with E-state index in [9.17, 15) is 19.2 Å². The van der Waals surface area contributed by atoms with E-state index in [4.69, 9.17) is 18.9 Å². The van der Waals surface area contributed by atoms with Crippen LogP contribution in [0.3, 0.4) is 0 Å². The molecule has 3 rings (SSSR count). The molecule has 2 fully saturated rings. The molecule has 8 nitrogen and oxygen atoms in total. The largest absolute Gasteiger partial charge is 0.469 e. The molecule has 0 aromatic rings. The number of fused-ring (bicyclic) bond motifs is 1. The molecule has 176 valence electrons. The van der Waals surface area contributed by atoms with E-state index in [1.807, 2.05) is 6.92 Å². The number of rotatable bonds is 6. The van der Waals surface area contributed by atoms with Gasteiger partial charge in [-0.1, -0.05) is 18.6 Å². The molecular weight excluding hydrogens is 416 g/mol. The number of esters is 4. The predicted octanol–water partition coefficient (Wildman–Crippen LogP) is 3.24. The van der Waals surface area contributed by atoms with Gasteiger partial charge in [-0.05, 0) is 57.3 Å². The molecule has 5 atom stereocenters. The molecular formula is C24H32O8. The van der Waals surface area contributed by atoms with Crippen LogP contribution in [0.15, 0.2) is 23.8 Å². The zero-order valence-corrected chi connectivity index (χ0v) is 19.2. The van der Waals surface area contributed by atoms with Gasteiger partial charge in [-0.3, -0.25) is 14.4 Å². The number of cyclic esters (lactones) is 1. The van der Waals surface area contributed by atoms with Crippen LogP contribution in [-0.4, -0.2) is 44.4 Å². The molecule has 0 spiro atoms. The molecule has 3 aliphatic rings. The molecule has 0 radical (unpaired) electrons. The third-order valence-electron chi connectivity index (χ3n) is 7.57. The monoisotopic (exact) mass is 448 g/mol. The molecule has 0 aromatic heterocycles. The van der Waals surface area contributed by atoms with Crippen molar-refractivity contribution < 1.29 is 38.1 Å². The molecule has 0 unspecified atom stereocenters. The maximum atomic E-state index is 13.3. The van der Waals surface area contributed by atoms with Crippen LogP contribution < -0.4 is 0 Å². The Morgan fingerprint density at radius 3 is 2.50 bits per heavy atom. The molecule has 0 saturated heterocycles. The van der Waals surface area contributed by atoms with Crippen LogP contribution >= 0.6 is 0 Å². The van der Waals surface area contributed by atoms with Gasteiger partial charge in [0, 0.05) is 18.6 Å². The fourth-order valence-corrected chi connectivity index (χ4v) is 6.20. The minimum Gasteiger partial charge on any atom is -0.469 e. The summed E-state index contributed by atoms with van der Waals surface area (Å²) in [5.74, 6) is -2.25. The van der Waals surface area contributed by atoms with Gasteiger partial charge in [0.15, 0.2) is 0 Å². The fourth-order valence-electron chi connectivity index (χ4n) is 6.20. The average molecular weight is 449 g/mol. The Morgan fingerprint density at radius 1 is 1.19 bits per heavy atom. The first kappa shape index (κ1) is 24.0. The SMILES string of the molecule is C=C1CC[C@@H]2[C@](C(=O)OC)(CCC[C@]2(C)C(=O)OC)[C@H]1CCC1=C[C@@H](OC(C)=O)OC1=O. The number of methoxy groups -OCH3 is 2. The second-order valence-corrected chi connectivity index (χ2v) is 9.21. The van der Waals surface area contributed by atoms with Gasteiger partial charge in [0.2, 0.25) is 0 Å². The predicted molar refractivity (Wildman–Crippen MR) is 113 cm³/mol. The molecule has 2 aliphatic carbocycles. The molecule has 1 aliphatic heterocycles. The molecule has 2 saturated carbocycles. The number of ether oxygens (including phenoxy) is 4. The van der Waals surface area contributed by atoms with Gasteiger partial charge in [0.1, 0.15) is 0 Å². The normalized spacial score (nSPS) is 34.1. The summed E-state index contributed by atoms with van der Waals surface area (Å²) in [5.41, 5.74) is -0.391. The van der Waals surface area contributed by atoms with E-state index in [-0.39, 0.29) is 23.8 Å². The van der Waals surface area contributed by atoms with Crippen molar-refractivity contribution in [1.82, 2.24) is 0 Å². The van der Waals surface area contributed by atoms with Crippen LogP contribution in [-0.2, 0) is 38.1 Å². The van der Waals surface area contributed by atoms with E-state index >= 15 is 0 Å². The van der Waals surface area contributed by atoms with Gasteiger partial charge in [0.05, 0.1) is 25.0 Å². The molecule has 0 aromatic carbocycles. The van der Waals surface area contributed by atoms with Crippen LogP contribution in [0.25, 0.3) is 0 Å². The molecule has 1 heterocycles. The molecule has 8 heteroatoms. The average Bonchev–Trinajstić information content (AvgIpc) is 3.09. The number of carbonyl (C=O) groups is 4. The van der Waals surface area contributed by atoms with Crippen molar-refractivity contribution in [2.45, 2.75) is 65.1 Å². The van der Waals surface area contributed by atoms with Crippen molar-refractivity contribution in [1.29, 1.82) is 0 Å². The number of carbonyl (C=O) groups excluding carboxylic acids is 4. The van der Waals surface area contributed by atoms with E-state index in [1.165, 1.54) is 27.2 Å². The van der Waals surface area contributed by atoms with Gasteiger partial charge in [-0.25, -0.2) is 4.79 Å². The highest BCUT2D eigenvalue weighted by Crippen LogP contribution is 2.63. The van der Waals surface area contributed by atoms with Crippen LogP contribution in [0.5, 0.6) is 0 Å². The summed E-state index contributed by atoms with van der Waals surface area (Å²) in [6.07, 6.45) is 4.51. The second-order valence-electron chi connectivity index (χ2n) is 9.21. The fraction of sp³-hybridized carbons (Fsp3) is 0.667. The zero-order valence-electron chi connectivity index (χ0n) is 19.2. The maximum Gasteiger partial charge on any atom is 0.337 e. The van der Waals surface area contributed by atoms with Crippen molar-refractivity contribution in [3.8, 4) is 0 Å². The summed E-state index contributed by atoms with van der Waals surface area (Å²) >= 11 is 0. The van der Waals surface area contributed by atoms with Crippen molar-refractivity contribution in [2.75, 3.05) is 14.2 Å². The molecule has 0 amide bonds. The highest BCUT2D eigenvalue weighted by atomic mass is 16.7. The Morgan fingerprint density at radius 2 is 1.88 bits per heavy atom. The summed E-state index contributed by atoms with van der Waals surface area (Å²) in [7, 11) is 2.74. The Kier molecular flexibility index (Phi) is 6.81. The van der Waals surface area contributed by atoms with Crippen LogP contribution in [0.1, 0.15) is 58.8 Å². The minimum atomic E-state index is -1.02. The summed E-state index contributed by atoms with van der Waals surface area (Å²) in [4.78, 5) is 49.6. The summed E-state index contributed by atoms with van der Waals surface area (Å²) in [6, 6.07) is 0. The van der Waals surface area contributed by atoms with Crippen molar-refractivity contribution in [3.05, 3.63) is 23.8 Å². The van der Waals surface area contributed by atoms with Crippen LogP contribution in [0.2, 0.25) is 0 Å². The highest BCUT2D eigenvalue weighted by molar-refractivity contribution is 5.91. The van der Waals surface area contributed by atoms with Crippen molar-refractivity contribution >= 4 is 23.9 Å². The standard InChI is InChI=1S/C24H32O8/c1-14-7-10-18-23(3,21(27)29-4)11-6-12-24(18,22(28)30-5)17(14)9-8-16-13-19(31-15(2)25)32-20(16)26/h13,17-19H,1,6-12H2,2-5H3/t17-,18-,19-,23-,24-/m0/s1. The van der Waals surface area contributed by atoms with E-state index in [1.54, 1.807) is 0 Å². The maximum absolute atomic E-state index is 13.3. The van der Waals surface area contributed by atoms with Crippen LogP contribution in [0.4, 0.5) is 0 Å². The quantitative estimate of drug-likeness (QED) is 0.346. The lowest BCUT2D eigenvalue weighted by molar-refractivity contribution is -0.185. The number of hydrogen-bond donors (Lipinski definition) is 0. The summed E-state index contributed by atoms with van der Waals surface area (Å²) in [6.45, 7) is 7.38. The lowest BCUT2D eigenvalue weighted by Gasteiger charge is -2.56. The van der Waals surface area contributed by atoms with Gasteiger partial charge >= 0.3 is 23.9 Å². The Hall–Kier alpha value is -2.64. The summed E-state index contributed by atoms with van der Waals surface area (Å²) < 4.78 is 20.5. The summed E-state index contributed by atoms with van der Waals surface area (Å²) in [5, 5.41) is 0. The van der Waals surface area contributed by atoms with Crippen LogP contribution in [0, 0.1) is 22.7 Å². The Labute approximate surface area is 188 Å². The molecule has 0 N–H and O–H groups in total. The minimum absolute atomic E-state index is 0.252. The Bertz CT molecular complexity index is 858. The van der Waals surface area contributed by atoms with E-state index in [2.05, 4.69) is 6.58 Å². The van der Waals surface area contributed by atoms with Gasteiger partial charge < -0.3 is 18.9 Å². The van der Waals surface area contributed by atoms with Gasteiger partial charge in [0.25, 0.3) is 6.29 Å². The molecule has 32 heavy (non-hydrogen) atoms. The van der Waals surface area contributed by atoms with Gasteiger partial charge in [-0.15, -0.1) is 0 Å². The number of hydrogen-bond acceptors (Lipinski definition) is 8. The molecule has 0 bridgehead atoms. The second kappa shape index (κ2) is 9.08. The van der Waals surface area contributed by atoms with Crippen molar-refractivity contribution in [2.24, 2.45) is 22.7 Å². The third kappa shape index (κ3) is 3.95. The zero-order chi connectivity index (χ0) is 23.7.